The molecule has 2 aromatic heterocycles. The third-order valence-electron chi connectivity index (χ3n) is 3.85. The third-order valence-corrected chi connectivity index (χ3v) is 3.85. The first-order chi connectivity index (χ1) is 11.2. The molecule has 0 aliphatic rings. The van der Waals surface area contributed by atoms with E-state index in [1.165, 1.54) is 4.57 Å². The second kappa shape index (κ2) is 5.36. The number of hydrogen-bond acceptors (Lipinski definition) is 5. The monoisotopic (exact) mass is 329 g/mol. The molecule has 0 aliphatic heterocycles. The van der Waals surface area contributed by atoms with Crippen LogP contribution in [-0.4, -0.2) is 15.6 Å². The highest BCUT2D eigenvalue weighted by Crippen LogP contribution is 2.28. The molecule has 0 fully saturated rings. The van der Waals surface area contributed by atoms with Gasteiger partial charge in [-0.1, -0.05) is 25.9 Å². The molecule has 2 heterocycles. The molecule has 1 aromatic carbocycles. The molecule has 1 amide bonds. The summed E-state index contributed by atoms with van der Waals surface area (Å²) >= 11 is 0. The zero-order valence-electron chi connectivity index (χ0n) is 14.3. The maximum atomic E-state index is 12.7. The van der Waals surface area contributed by atoms with Gasteiger partial charge in [-0.15, -0.1) is 0 Å². The quantitative estimate of drug-likeness (QED) is 0.780. The number of benzene rings is 1. The van der Waals surface area contributed by atoms with Crippen LogP contribution in [-0.2, 0) is 12.5 Å². The van der Waals surface area contributed by atoms with Crippen LogP contribution >= 0.6 is 0 Å². The number of carbonyl (C=O) groups excluding carboxylic acids is 1. The summed E-state index contributed by atoms with van der Waals surface area (Å²) in [6.45, 7) is 7.60. The predicted octanol–water partition coefficient (Wildman–Crippen LogP) is 2.98. The van der Waals surface area contributed by atoms with Crippen LogP contribution < -0.4 is 11.1 Å². The zero-order valence-corrected chi connectivity index (χ0v) is 14.3. The Kier molecular flexibility index (Phi) is 3.59. The summed E-state index contributed by atoms with van der Waals surface area (Å²) in [4.78, 5) is 24.2. The number of oxazole rings is 1. The molecule has 0 saturated carbocycles. The highest BCUT2D eigenvalue weighted by molar-refractivity contribution is 6.06. The van der Waals surface area contributed by atoms with Gasteiger partial charge >= 0.3 is 5.76 Å². The average molecular weight is 329 g/mol. The molecule has 0 bridgehead atoms. The lowest BCUT2D eigenvalue weighted by atomic mass is 9.88. The van der Waals surface area contributed by atoms with Crippen molar-refractivity contribution >= 4 is 22.7 Å². The van der Waals surface area contributed by atoms with Crippen LogP contribution in [0.15, 0.2) is 31.9 Å². The van der Waals surface area contributed by atoms with Crippen molar-refractivity contribution in [2.45, 2.75) is 33.1 Å². The summed E-state index contributed by atoms with van der Waals surface area (Å²) in [6.07, 6.45) is 0. The molecule has 0 radical (unpaired) electrons. The maximum Gasteiger partial charge on any atom is 0.419 e. The largest absolute Gasteiger partial charge is 0.419 e. The minimum atomic E-state index is -0.446. The van der Waals surface area contributed by atoms with Crippen molar-refractivity contribution in [2.75, 3.05) is 5.32 Å². The van der Waals surface area contributed by atoms with Gasteiger partial charge < -0.3 is 14.3 Å². The molecule has 1 N–H and O–H groups in total. The number of aromatic nitrogens is 2. The summed E-state index contributed by atoms with van der Waals surface area (Å²) in [5.74, 6) is -0.292. The first kappa shape index (κ1) is 16.0. The predicted molar refractivity (Wildman–Crippen MR) is 89.3 cm³/mol. The van der Waals surface area contributed by atoms with Crippen molar-refractivity contribution in [3.05, 3.63) is 45.8 Å². The van der Waals surface area contributed by atoms with E-state index in [0.717, 1.165) is 0 Å². The Morgan fingerprint density at radius 1 is 1.29 bits per heavy atom. The summed E-state index contributed by atoms with van der Waals surface area (Å²) in [5, 5.41) is 6.82. The number of nitrogens with zero attached hydrogens (tertiary/aromatic N) is 2. The Balaban J connectivity index is 1.96. The lowest BCUT2D eigenvalue weighted by Crippen LogP contribution is -2.21. The molecule has 126 valence electrons. The Hall–Kier alpha value is -2.83. The smallest absolute Gasteiger partial charge is 0.408 e. The van der Waals surface area contributed by atoms with Crippen LogP contribution in [0, 0.1) is 6.92 Å². The molecule has 7 nitrogen and oxygen atoms in total. The van der Waals surface area contributed by atoms with Gasteiger partial charge in [-0.3, -0.25) is 9.36 Å². The lowest BCUT2D eigenvalue weighted by Gasteiger charge is -2.16. The zero-order chi connectivity index (χ0) is 17.6. The molecule has 0 spiro atoms. The molecule has 0 atom stereocenters. The van der Waals surface area contributed by atoms with Gasteiger partial charge in [-0.05, 0) is 19.1 Å². The lowest BCUT2D eigenvalue weighted by molar-refractivity contribution is 0.102. The number of carbonyl (C=O) groups is 1. The minimum absolute atomic E-state index is 0.309. The molecular weight excluding hydrogens is 310 g/mol. The number of amides is 1. The van der Waals surface area contributed by atoms with E-state index >= 15 is 0 Å². The van der Waals surface area contributed by atoms with Gasteiger partial charge in [0.25, 0.3) is 5.91 Å². The second-order valence-electron chi connectivity index (χ2n) is 6.78. The minimum Gasteiger partial charge on any atom is -0.408 e. The van der Waals surface area contributed by atoms with Crippen molar-refractivity contribution in [1.82, 2.24) is 9.72 Å². The molecule has 0 saturated heterocycles. The second-order valence-corrected chi connectivity index (χ2v) is 6.78. The van der Waals surface area contributed by atoms with E-state index in [-0.39, 0.29) is 11.3 Å². The van der Waals surface area contributed by atoms with E-state index in [0.29, 0.717) is 33.8 Å². The summed E-state index contributed by atoms with van der Waals surface area (Å²) in [5.41, 5.74) is 2.32. The van der Waals surface area contributed by atoms with E-state index in [1.54, 1.807) is 32.2 Å². The number of rotatable bonds is 2. The Morgan fingerprint density at radius 2 is 2.00 bits per heavy atom. The van der Waals surface area contributed by atoms with Gasteiger partial charge in [0, 0.05) is 24.2 Å². The summed E-state index contributed by atoms with van der Waals surface area (Å²) in [7, 11) is 1.63. The molecule has 7 heteroatoms. The van der Waals surface area contributed by atoms with Crippen LogP contribution in [0.25, 0.3) is 11.1 Å². The van der Waals surface area contributed by atoms with Crippen molar-refractivity contribution < 1.29 is 13.7 Å². The van der Waals surface area contributed by atoms with Gasteiger partial charge in [-0.25, -0.2) is 4.79 Å². The van der Waals surface area contributed by atoms with Crippen molar-refractivity contribution in [3.8, 4) is 0 Å². The maximum absolute atomic E-state index is 12.7. The van der Waals surface area contributed by atoms with Gasteiger partial charge in [0.2, 0.25) is 0 Å². The van der Waals surface area contributed by atoms with Crippen LogP contribution in [0.5, 0.6) is 0 Å². The summed E-state index contributed by atoms with van der Waals surface area (Å²) < 4.78 is 11.7. The molecule has 3 rings (SSSR count). The Bertz CT molecular complexity index is 986. The highest BCUT2D eigenvalue weighted by atomic mass is 16.5. The van der Waals surface area contributed by atoms with E-state index < -0.39 is 5.76 Å². The van der Waals surface area contributed by atoms with Gasteiger partial charge in [0.1, 0.15) is 17.0 Å². The standard InChI is InChI=1S/C17H19N3O4/c1-9-13(14(19-24-9)17(2,3)4)15(21)18-10-6-7-11-12(8-10)23-16(22)20(11)5/h6-8H,1-5H3,(H,18,21). The molecule has 3 aromatic rings. The van der Waals surface area contributed by atoms with E-state index in [2.05, 4.69) is 10.5 Å². The first-order valence-corrected chi connectivity index (χ1v) is 7.56. The Labute approximate surface area is 138 Å². The number of fused-ring (bicyclic) bond motifs is 1. The SMILES string of the molecule is Cc1onc(C(C)(C)C)c1C(=O)Nc1ccc2c(c1)oc(=O)n2C. The molecule has 0 aliphatic carbocycles. The van der Waals surface area contributed by atoms with Crippen molar-refractivity contribution in [1.29, 1.82) is 0 Å². The van der Waals surface area contributed by atoms with Gasteiger partial charge in [-0.2, -0.15) is 0 Å². The Morgan fingerprint density at radius 3 is 2.67 bits per heavy atom. The van der Waals surface area contributed by atoms with Crippen LogP contribution in [0.4, 0.5) is 5.69 Å². The first-order valence-electron chi connectivity index (χ1n) is 7.56. The fourth-order valence-corrected chi connectivity index (χ4v) is 2.56. The fraction of sp³-hybridized carbons (Fsp3) is 0.353. The highest BCUT2D eigenvalue weighted by Gasteiger charge is 2.28. The van der Waals surface area contributed by atoms with Crippen LogP contribution in [0.1, 0.15) is 42.6 Å². The van der Waals surface area contributed by atoms with Gasteiger partial charge in [0.05, 0.1) is 5.52 Å². The number of hydrogen-bond donors (Lipinski definition) is 1. The number of anilines is 1. The molecule has 24 heavy (non-hydrogen) atoms. The number of nitrogens with one attached hydrogen (secondary N) is 1. The van der Waals surface area contributed by atoms with E-state index in [1.807, 2.05) is 20.8 Å². The average Bonchev–Trinajstić information content (AvgIpc) is 3.00. The topological polar surface area (TPSA) is 90.3 Å². The third kappa shape index (κ3) is 2.62. The fourth-order valence-electron chi connectivity index (χ4n) is 2.56. The van der Waals surface area contributed by atoms with Crippen molar-refractivity contribution in [2.24, 2.45) is 7.05 Å². The molecule has 0 unspecified atom stereocenters. The van der Waals surface area contributed by atoms with Crippen LogP contribution in [0.3, 0.4) is 0 Å². The van der Waals surface area contributed by atoms with Gasteiger partial charge in [0.15, 0.2) is 5.58 Å². The normalized spacial score (nSPS) is 11.9. The van der Waals surface area contributed by atoms with Crippen LogP contribution in [0.2, 0.25) is 0 Å². The number of aryl methyl sites for hydroxylation is 2. The van der Waals surface area contributed by atoms with Crippen molar-refractivity contribution in [3.63, 3.8) is 0 Å². The molecular formula is C17H19N3O4. The van der Waals surface area contributed by atoms with E-state index in [4.69, 9.17) is 8.94 Å². The summed E-state index contributed by atoms with van der Waals surface area (Å²) in [6, 6.07) is 5.06. The van der Waals surface area contributed by atoms with E-state index in [9.17, 15) is 9.59 Å².